The van der Waals surface area contributed by atoms with Crippen LogP contribution in [0.4, 0.5) is 0 Å². The quantitative estimate of drug-likeness (QED) is 0.333. The van der Waals surface area contributed by atoms with Crippen LogP contribution in [-0.2, 0) is 4.74 Å². The number of likely N-dealkylation sites (N-methyl/N-ethyl adjacent to an activating group) is 2. The zero-order valence-corrected chi connectivity index (χ0v) is 17.0. The van der Waals surface area contributed by atoms with Gasteiger partial charge in [-0.2, -0.15) is 0 Å². The van der Waals surface area contributed by atoms with Gasteiger partial charge < -0.3 is 9.64 Å². The van der Waals surface area contributed by atoms with E-state index in [1.165, 1.54) is 57.8 Å². The Bertz CT molecular complexity index is 283. The van der Waals surface area contributed by atoms with Crippen molar-refractivity contribution in [1.29, 1.82) is 0 Å². The second-order valence-corrected chi connectivity index (χ2v) is 7.59. The summed E-state index contributed by atoms with van der Waals surface area (Å²) in [7, 11) is 7.82. The van der Waals surface area contributed by atoms with Crippen molar-refractivity contribution in [3.05, 3.63) is 0 Å². The first-order valence-corrected chi connectivity index (χ1v) is 9.83. The van der Waals surface area contributed by atoms with Crippen molar-refractivity contribution in [3.8, 4) is 0 Å². The summed E-state index contributed by atoms with van der Waals surface area (Å²) >= 11 is 0. The molecular weight excluding hydrogens is 300 g/mol. The third-order valence-electron chi connectivity index (χ3n) is 4.64. The van der Waals surface area contributed by atoms with Gasteiger partial charge >= 0.3 is 0 Å². The van der Waals surface area contributed by atoms with Gasteiger partial charge in [0.1, 0.15) is 11.9 Å². The van der Waals surface area contributed by atoms with Crippen LogP contribution in [-0.4, -0.2) is 63.0 Å². The van der Waals surface area contributed by atoms with Gasteiger partial charge in [0.2, 0.25) is 0 Å². The fourth-order valence-electron chi connectivity index (χ4n) is 2.77. The first kappa shape index (κ1) is 23.8. The molecule has 0 aromatic heterocycles. The Morgan fingerprint density at radius 1 is 0.792 bits per heavy atom. The van der Waals surface area contributed by atoms with Crippen LogP contribution in [0, 0.1) is 0 Å². The summed E-state index contributed by atoms with van der Waals surface area (Å²) in [4.78, 5) is 3.90. The molecule has 0 radical (unpaired) electrons. The van der Waals surface area contributed by atoms with Crippen LogP contribution >= 0.6 is 0 Å². The molecule has 24 heavy (non-hydrogen) atoms. The van der Waals surface area contributed by atoms with E-state index in [0.717, 1.165) is 19.6 Å². The van der Waals surface area contributed by atoms with Crippen LogP contribution in [0.1, 0.15) is 71.1 Å². The Balaban J connectivity index is 3.77. The molecule has 5 heteroatoms. The molecule has 0 saturated heterocycles. The molecule has 0 amide bonds. The Morgan fingerprint density at radius 3 is 1.67 bits per heavy atom. The molecule has 1 atom stereocenters. The highest BCUT2D eigenvalue weighted by molar-refractivity contribution is 4.85. The second kappa shape index (κ2) is 14.0. The van der Waals surface area contributed by atoms with E-state index in [1.807, 2.05) is 33.1 Å². The van der Waals surface area contributed by atoms with E-state index in [2.05, 4.69) is 11.8 Å². The highest BCUT2D eigenvalue weighted by Gasteiger charge is 2.34. The minimum absolute atomic E-state index is 0.193. The van der Waals surface area contributed by atoms with E-state index in [9.17, 15) is 0 Å². The number of hydrogen-bond acceptors (Lipinski definition) is 5. The minimum atomic E-state index is -0.942. The van der Waals surface area contributed by atoms with E-state index in [4.69, 9.17) is 16.2 Å². The molecule has 0 bridgehead atoms. The summed E-state index contributed by atoms with van der Waals surface area (Å²) in [6.45, 7) is 3.73. The van der Waals surface area contributed by atoms with Gasteiger partial charge in [0.15, 0.2) is 0 Å². The van der Waals surface area contributed by atoms with E-state index < -0.39 is 5.79 Å². The monoisotopic (exact) mass is 344 g/mol. The second-order valence-electron chi connectivity index (χ2n) is 7.59. The zero-order valence-electron chi connectivity index (χ0n) is 17.0. The average molecular weight is 345 g/mol. The summed E-state index contributed by atoms with van der Waals surface area (Å²) in [6, 6.07) is 0. The summed E-state index contributed by atoms with van der Waals surface area (Å²) in [5.41, 5.74) is 12.5. The fourth-order valence-corrected chi connectivity index (χ4v) is 2.77. The molecule has 146 valence electrons. The normalized spacial score (nSPS) is 13.9. The van der Waals surface area contributed by atoms with Gasteiger partial charge in [-0.1, -0.05) is 64.7 Å². The smallest absolute Gasteiger partial charge is 0.148 e. The summed E-state index contributed by atoms with van der Waals surface area (Å²) in [5, 5.41) is 0. The molecular formula is C19H44N4O. The number of ether oxygens (including phenoxy) is 1. The molecule has 4 N–H and O–H groups in total. The Kier molecular flexibility index (Phi) is 13.9. The van der Waals surface area contributed by atoms with E-state index in [-0.39, 0.29) is 6.10 Å². The van der Waals surface area contributed by atoms with Crippen molar-refractivity contribution in [2.75, 3.05) is 41.3 Å². The maximum Gasteiger partial charge on any atom is 0.148 e. The number of nitrogens with zero attached hydrogens (tertiary/aromatic N) is 2. The minimum Gasteiger partial charge on any atom is -0.372 e. The Morgan fingerprint density at radius 2 is 1.25 bits per heavy atom. The predicted molar refractivity (Wildman–Crippen MR) is 105 cm³/mol. The molecule has 0 heterocycles. The van der Waals surface area contributed by atoms with Crippen LogP contribution < -0.4 is 11.5 Å². The molecule has 0 aromatic carbocycles. The predicted octanol–water partition coefficient (Wildman–Crippen LogP) is 2.99. The van der Waals surface area contributed by atoms with Crippen LogP contribution in [0.5, 0.6) is 0 Å². The van der Waals surface area contributed by atoms with Crippen molar-refractivity contribution >= 4 is 0 Å². The standard InChI is InChI=1S/C19H44N4O/c1-6-7-8-9-10-11-12-13-14-15-16-24-18(17-22(2)3)19(20,21)23(4)5/h18H,6-17,20-21H2,1-5H3. The lowest BCUT2D eigenvalue weighted by molar-refractivity contribution is -0.0644. The molecule has 1 unspecified atom stereocenters. The molecule has 0 saturated carbocycles. The molecule has 5 nitrogen and oxygen atoms in total. The van der Waals surface area contributed by atoms with Crippen LogP contribution in [0.3, 0.4) is 0 Å². The highest BCUT2D eigenvalue weighted by atomic mass is 16.5. The number of unbranched alkanes of at least 4 members (excludes halogenated alkanes) is 9. The van der Waals surface area contributed by atoms with Crippen molar-refractivity contribution in [1.82, 2.24) is 9.80 Å². The van der Waals surface area contributed by atoms with Gasteiger partial charge in [-0.05, 0) is 34.6 Å². The van der Waals surface area contributed by atoms with Gasteiger partial charge in [-0.25, -0.2) is 0 Å². The van der Waals surface area contributed by atoms with Gasteiger partial charge in [0, 0.05) is 13.2 Å². The maximum absolute atomic E-state index is 6.23. The van der Waals surface area contributed by atoms with Crippen molar-refractivity contribution in [2.45, 2.75) is 83.0 Å². The Labute approximate surface area is 151 Å². The maximum atomic E-state index is 6.23. The van der Waals surface area contributed by atoms with Gasteiger partial charge in [0.05, 0.1) is 0 Å². The van der Waals surface area contributed by atoms with Crippen molar-refractivity contribution in [2.24, 2.45) is 11.5 Å². The number of rotatable bonds is 16. The lowest BCUT2D eigenvalue weighted by Gasteiger charge is -2.40. The molecule has 0 aliphatic heterocycles. The molecule has 0 fully saturated rings. The molecule has 0 aromatic rings. The SMILES string of the molecule is CCCCCCCCCCCCOC(CN(C)C)C(N)(N)N(C)C. The van der Waals surface area contributed by atoms with Crippen LogP contribution in [0.25, 0.3) is 0 Å². The average Bonchev–Trinajstić information content (AvgIpc) is 2.50. The Hall–Kier alpha value is -0.200. The van der Waals surface area contributed by atoms with Crippen LogP contribution in [0.15, 0.2) is 0 Å². The zero-order chi connectivity index (χ0) is 18.4. The van der Waals surface area contributed by atoms with E-state index in [0.29, 0.717) is 0 Å². The molecule has 0 spiro atoms. The van der Waals surface area contributed by atoms with Gasteiger partial charge in [-0.3, -0.25) is 16.4 Å². The molecule has 0 aliphatic rings. The van der Waals surface area contributed by atoms with Crippen molar-refractivity contribution < 1.29 is 4.74 Å². The van der Waals surface area contributed by atoms with Crippen LogP contribution in [0.2, 0.25) is 0 Å². The summed E-state index contributed by atoms with van der Waals surface area (Å²) < 4.78 is 6.02. The number of nitrogens with two attached hydrogens (primary N) is 2. The number of hydrogen-bond donors (Lipinski definition) is 2. The lowest BCUT2D eigenvalue weighted by atomic mass is 10.1. The molecule has 0 rings (SSSR count). The third kappa shape index (κ3) is 11.4. The molecule has 0 aliphatic carbocycles. The lowest BCUT2D eigenvalue weighted by Crippen LogP contribution is -2.70. The van der Waals surface area contributed by atoms with Crippen molar-refractivity contribution in [3.63, 3.8) is 0 Å². The first-order valence-electron chi connectivity index (χ1n) is 9.83. The first-order chi connectivity index (χ1) is 11.3. The van der Waals surface area contributed by atoms with Gasteiger partial charge in [0.25, 0.3) is 0 Å². The summed E-state index contributed by atoms with van der Waals surface area (Å²) in [5.74, 6) is -0.942. The van der Waals surface area contributed by atoms with E-state index in [1.54, 1.807) is 0 Å². The largest absolute Gasteiger partial charge is 0.372 e. The topological polar surface area (TPSA) is 67.8 Å². The fraction of sp³-hybridized carbons (Fsp3) is 1.00. The third-order valence-corrected chi connectivity index (χ3v) is 4.64. The summed E-state index contributed by atoms with van der Waals surface area (Å²) in [6.07, 6.45) is 13.1. The highest BCUT2D eigenvalue weighted by Crippen LogP contribution is 2.13. The van der Waals surface area contributed by atoms with E-state index >= 15 is 0 Å². The van der Waals surface area contributed by atoms with Gasteiger partial charge in [-0.15, -0.1) is 0 Å².